The fourth-order valence-corrected chi connectivity index (χ4v) is 7.67. The highest BCUT2D eigenvalue weighted by molar-refractivity contribution is 7.93. The molecule has 232 valence electrons. The molecule has 2 aromatic heterocycles. The van der Waals surface area contributed by atoms with E-state index in [2.05, 4.69) is 20.6 Å². The van der Waals surface area contributed by atoms with E-state index in [0.29, 0.717) is 18.8 Å². The predicted molar refractivity (Wildman–Crippen MR) is 172 cm³/mol. The molecule has 44 heavy (non-hydrogen) atoms. The number of oxazole rings is 1. The summed E-state index contributed by atoms with van der Waals surface area (Å²) in [4.78, 5) is 8.94. The molecule has 3 heterocycles. The van der Waals surface area contributed by atoms with Gasteiger partial charge >= 0.3 is 6.01 Å². The van der Waals surface area contributed by atoms with Gasteiger partial charge in [0.15, 0.2) is 0 Å². The smallest absolute Gasteiger partial charge is 0.316 e. The van der Waals surface area contributed by atoms with Gasteiger partial charge < -0.3 is 20.2 Å². The second-order valence-corrected chi connectivity index (χ2v) is 13.6. The molecule has 0 radical (unpaired) electrons. The molecule has 1 fully saturated rings. The molecule has 6 rings (SSSR count). The molecule has 10 heteroatoms. The number of sulfonamides is 1. The van der Waals surface area contributed by atoms with Crippen LogP contribution < -0.4 is 14.9 Å². The zero-order chi connectivity index (χ0) is 30.4. The van der Waals surface area contributed by atoms with E-state index in [1.807, 2.05) is 24.3 Å². The summed E-state index contributed by atoms with van der Waals surface area (Å²) >= 11 is 0. The standard InChI is InChI=1S/C34H41N5O4S/c40-33(28-8-4-18-35-22-28)23-36-19-16-26-10-12-30(13-11-26)39(44(41,42)31-14-15-32-27(21-31)17-20-37-32)34-38-29(24-43-34)9-3-7-25-5-1-2-6-25/h4,8,10-15,18,21-22,24-25,33,36-37,40H,1-3,5-7,9,16-17,19-20,23H2. The van der Waals surface area contributed by atoms with Crippen molar-refractivity contribution in [2.75, 3.05) is 29.3 Å². The van der Waals surface area contributed by atoms with Gasteiger partial charge in [0, 0.05) is 36.7 Å². The fourth-order valence-electron chi connectivity index (χ4n) is 6.23. The number of pyridine rings is 1. The first-order chi connectivity index (χ1) is 21.5. The van der Waals surface area contributed by atoms with E-state index >= 15 is 0 Å². The molecule has 3 N–H and O–H groups in total. The number of aliphatic hydroxyl groups is 1. The number of fused-ring (bicyclic) bond motifs is 1. The maximum absolute atomic E-state index is 14.2. The lowest BCUT2D eigenvalue weighted by molar-refractivity contribution is 0.174. The molecular weight excluding hydrogens is 574 g/mol. The largest absolute Gasteiger partial charge is 0.431 e. The highest BCUT2D eigenvalue weighted by Crippen LogP contribution is 2.35. The van der Waals surface area contributed by atoms with Crippen molar-refractivity contribution in [3.63, 3.8) is 0 Å². The second-order valence-electron chi connectivity index (χ2n) is 11.9. The summed E-state index contributed by atoms with van der Waals surface area (Å²) < 4.78 is 35.4. The first kappa shape index (κ1) is 30.3. The zero-order valence-corrected chi connectivity index (χ0v) is 25.8. The van der Waals surface area contributed by atoms with E-state index < -0.39 is 16.1 Å². The van der Waals surface area contributed by atoms with E-state index in [1.54, 1.807) is 49.0 Å². The van der Waals surface area contributed by atoms with Crippen molar-refractivity contribution >= 4 is 27.4 Å². The lowest BCUT2D eigenvalue weighted by Gasteiger charge is -2.21. The van der Waals surface area contributed by atoms with Crippen LogP contribution in [0.4, 0.5) is 17.4 Å². The van der Waals surface area contributed by atoms with Crippen LogP contribution in [0, 0.1) is 5.92 Å². The molecule has 1 atom stereocenters. The first-order valence-corrected chi connectivity index (χ1v) is 17.2. The zero-order valence-electron chi connectivity index (χ0n) is 25.0. The van der Waals surface area contributed by atoms with Crippen LogP contribution in [0.2, 0.25) is 0 Å². The van der Waals surface area contributed by atoms with Gasteiger partial charge in [-0.05, 0) is 85.7 Å². The summed E-state index contributed by atoms with van der Waals surface area (Å²) in [5.41, 5.74) is 5.01. The Morgan fingerprint density at radius 1 is 1.09 bits per heavy atom. The number of hydrogen-bond acceptors (Lipinski definition) is 8. The Morgan fingerprint density at radius 3 is 2.73 bits per heavy atom. The number of aromatic nitrogens is 2. The van der Waals surface area contributed by atoms with Crippen molar-refractivity contribution < 1.29 is 17.9 Å². The van der Waals surface area contributed by atoms with Crippen molar-refractivity contribution in [1.29, 1.82) is 0 Å². The van der Waals surface area contributed by atoms with E-state index in [0.717, 1.165) is 66.2 Å². The minimum atomic E-state index is -4.01. The Hall–Kier alpha value is -3.73. The predicted octanol–water partition coefficient (Wildman–Crippen LogP) is 5.94. The SMILES string of the molecule is O=S(=O)(c1ccc2c(c1)CCN2)N(c1ccc(CCNCC(O)c2cccnc2)cc1)c1nc(CCCC2CCCC2)co1. The molecule has 0 amide bonds. The number of benzene rings is 2. The highest BCUT2D eigenvalue weighted by Gasteiger charge is 2.31. The summed E-state index contributed by atoms with van der Waals surface area (Å²) in [5, 5.41) is 16.9. The molecule has 4 aromatic rings. The molecule has 0 spiro atoms. The highest BCUT2D eigenvalue weighted by atomic mass is 32.2. The average molecular weight is 616 g/mol. The van der Waals surface area contributed by atoms with Crippen LogP contribution in [0.3, 0.4) is 0 Å². The minimum Gasteiger partial charge on any atom is -0.431 e. The fraction of sp³-hybridized carbons (Fsp3) is 0.412. The Morgan fingerprint density at radius 2 is 1.93 bits per heavy atom. The summed E-state index contributed by atoms with van der Waals surface area (Å²) in [6.07, 6.45) is 14.0. The minimum absolute atomic E-state index is 0.0540. The third kappa shape index (κ3) is 7.14. The van der Waals surface area contributed by atoms with Crippen molar-refractivity contribution in [1.82, 2.24) is 15.3 Å². The molecule has 0 bridgehead atoms. The van der Waals surface area contributed by atoms with Gasteiger partial charge in [0.05, 0.1) is 22.4 Å². The number of nitrogens with zero attached hydrogens (tertiary/aromatic N) is 3. The molecule has 9 nitrogen and oxygen atoms in total. The van der Waals surface area contributed by atoms with E-state index in [4.69, 9.17) is 4.42 Å². The average Bonchev–Trinajstić information content (AvgIpc) is 3.83. The van der Waals surface area contributed by atoms with Gasteiger partial charge in [-0.25, -0.2) is 8.42 Å². The van der Waals surface area contributed by atoms with Crippen LogP contribution in [0.15, 0.2) is 82.6 Å². The topological polar surface area (TPSA) is 121 Å². The summed E-state index contributed by atoms with van der Waals surface area (Å²) in [6, 6.07) is 16.4. The van der Waals surface area contributed by atoms with Crippen LogP contribution >= 0.6 is 0 Å². The molecule has 2 aliphatic rings. The van der Waals surface area contributed by atoms with Crippen LogP contribution in [-0.2, 0) is 29.3 Å². The van der Waals surface area contributed by atoms with Gasteiger partial charge in [-0.15, -0.1) is 0 Å². The summed E-state index contributed by atoms with van der Waals surface area (Å²) in [5.74, 6) is 0.799. The maximum Gasteiger partial charge on any atom is 0.316 e. The third-order valence-electron chi connectivity index (χ3n) is 8.73. The van der Waals surface area contributed by atoms with Crippen LogP contribution in [0.25, 0.3) is 0 Å². The molecule has 1 saturated carbocycles. The van der Waals surface area contributed by atoms with Crippen LogP contribution in [-0.4, -0.2) is 43.1 Å². The first-order valence-electron chi connectivity index (χ1n) is 15.7. The number of hydrogen-bond donors (Lipinski definition) is 3. The quantitative estimate of drug-likeness (QED) is 0.149. The van der Waals surface area contributed by atoms with E-state index in [-0.39, 0.29) is 10.9 Å². The molecule has 0 saturated heterocycles. The molecular formula is C34H41N5O4S. The van der Waals surface area contributed by atoms with Crippen molar-refractivity contribution in [2.24, 2.45) is 5.92 Å². The summed E-state index contributed by atoms with van der Waals surface area (Å²) in [7, 11) is -4.01. The Bertz CT molecular complexity index is 1620. The van der Waals surface area contributed by atoms with Crippen molar-refractivity contribution in [3.8, 4) is 0 Å². The molecule has 1 aliphatic heterocycles. The lowest BCUT2D eigenvalue weighted by atomic mass is 10.0. The van der Waals surface area contributed by atoms with Crippen LogP contribution in [0.1, 0.15) is 67.0 Å². The van der Waals surface area contributed by atoms with Gasteiger partial charge in [0.2, 0.25) is 0 Å². The number of anilines is 3. The second kappa shape index (κ2) is 13.9. The maximum atomic E-state index is 14.2. The number of aliphatic hydroxyl groups excluding tert-OH is 1. The van der Waals surface area contributed by atoms with Crippen LogP contribution in [0.5, 0.6) is 0 Å². The Kier molecular flexibility index (Phi) is 9.59. The Labute approximate surface area is 259 Å². The molecule has 1 unspecified atom stereocenters. The Balaban J connectivity index is 1.17. The van der Waals surface area contributed by atoms with Gasteiger partial charge in [-0.1, -0.05) is 50.3 Å². The van der Waals surface area contributed by atoms with Crippen molar-refractivity contribution in [2.45, 2.75) is 68.8 Å². The summed E-state index contributed by atoms with van der Waals surface area (Å²) in [6.45, 7) is 1.87. The monoisotopic (exact) mass is 615 g/mol. The van der Waals surface area contributed by atoms with Gasteiger partial charge in [-0.3, -0.25) is 4.98 Å². The molecule has 1 aliphatic carbocycles. The van der Waals surface area contributed by atoms with Crippen molar-refractivity contribution in [3.05, 3.63) is 95.6 Å². The lowest BCUT2D eigenvalue weighted by Crippen LogP contribution is -2.27. The van der Waals surface area contributed by atoms with Gasteiger partial charge in [0.25, 0.3) is 10.0 Å². The number of nitrogens with one attached hydrogen (secondary N) is 2. The van der Waals surface area contributed by atoms with E-state index in [1.165, 1.54) is 36.4 Å². The van der Waals surface area contributed by atoms with Gasteiger partial charge in [-0.2, -0.15) is 9.29 Å². The normalized spacial score (nSPS) is 15.7. The van der Waals surface area contributed by atoms with Gasteiger partial charge in [0.1, 0.15) is 6.26 Å². The molecule has 2 aromatic carbocycles. The number of rotatable bonds is 14. The third-order valence-corrected chi connectivity index (χ3v) is 10.4. The number of aryl methyl sites for hydroxylation is 1. The van der Waals surface area contributed by atoms with E-state index in [9.17, 15) is 13.5 Å².